The van der Waals surface area contributed by atoms with Crippen molar-refractivity contribution in [2.24, 2.45) is 5.41 Å². The second kappa shape index (κ2) is 4.59. The average Bonchev–Trinajstić information content (AvgIpc) is 2.73. The minimum atomic E-state index is -0.0431. The molecule has 0 amide bonds. The Kier molecular flexibility index (Phi) is 3.35. The molecule has 0 aromatic rings. The molecule has 1 aliphatic carbocycles. The van der Waals surface area contributed by atoms with Gasteiger partial charge in [0.15, 0.2) is 0 Å². The zero-order valence-electron chi connectivity index (χ0n) is 11.1. The maximum atomic E-state index is 11.8. The second-order valence-electron chi connectivity index (χ2n) is 6.13. The van der Waals surface area contributed by atoms with Crippen molar-refractivity contribution in [3.05, 3.63) is 0 Å². The molecule has 18 heavy (non-hydrogen) atoms. The van der Waals surface area contributed by atoms with E-state index in [0.717, 1.165) is 32.0 Å². The van der Waals surface area contributed by atoms with Crippen LogP contribution >= 0.6 is 22.9 Å². The van der Waals surface area contributed by atoms with Gasteiger partial charge in [-0.1, -0.05) is 0 Å². The van der Waals surface area contributed by atoms with E-state index in [-0.39, 0.29) is 12.0 Å². The predicted octanol–water partition coefficient (Wildman–Crippen LogP) is 1.83. The minimum Gasteiger partial charge on any atom is -0.468 e. The molecular formula is C13H21IN2O2. The number of hydrogen-bond donors (Lipinski definition) is 0. The Balaban J connectivity index is 1.65. The summed E-state index contributed by atoms with van der Waals surface area (Å²) in [4.78, 5) is 14.1. The molecular weight excluding hydrogens is 343 g/mol. The zero-order valence-corrected chi connectivity index (χ0v) is 13.2. The minimum absolute atomic E-state index is 0.0178. The van der Waals surface area contributed by atoms with Gasteiger partial charge in [0.05, 0.1) is 7.11 Å². The number of ether oxygens (including phenoxy) is 1. The Morgan fingerprint density at radius 3 is 2.89 bits per heavy atom. The molecule has 0 unspecified atom stereocenters. The standard InChI is InChI=1S/C13H21IN2O2/c1-9-6-13(7-11(13)16(9)14)8-15-5-3-4-10(15)12(17)18-2/h9-11H,3-8H2,1-2H3/t9-,10+,11-,13+/m1/s1. The summed E-state index contributed by atoms with van der Waals surface area (Å²) >= 11 is 2.47. The maximum absolute atomic E-state index is 11.8. The van der Waals surface area contributed by atoms with Crippen molar-refractivity contribution >= 4 is 28.8 Å². The number of hydrogen-bond acceptors (Lipinski definition) is 4. The Bertz CT molecular complexity index is 365. The third-order valence-corrected chi connectivity index (χ3v) is 6.55. The van der Waals surface area contributed by atoms with Gasteiger partial charge in [-0.25, -0.2) is 3.11 Å². The molecule has 2 saturated heterocycles. The predicted molar refractivity (Wildman–Crippen MR) is 77.4 cm³/mol. The first kappa shape index (κ1) is 13.1. The fourth-order valence-corrected chi connectivity index (χ4v) is 4.92. The third-order valence-electron chi connectivity index (χ3n) is 4.92. The molecule has 0 spiro atoms. The summed E-state index contributed by atoms with van der Waals surface area (Å²) in [5.74, 6) is -0.0431. The Hall–Kier alpha value is 0.120. The van der Waals surface area contributed by atoms with Gasteiger partial charge in [0.25, 0.3) is 0 Å². The van der Waals surface area contributed by atoms with Crippen LogP contribution in [0, 0.1) is 5.41 Å². The molecule has 0 N–H and O–H groups in total. The van der Waals surface area contributed by atoms with E-state index < -0.39 is 0 Å². The fourth-order valence-electron chi connectivity index (χ4n) is 3.93. The number of fused-ring (bicyclic) bond motifs is 1. The average molecular weight is 364 g/mol. The monoisotopic (exact) mass is 364 g/mol. The van der Waals surface area contributed by atoms with Gasteiger partial charge in [-0.15, -0.1) is 0 Å². The molecule has 0 radical (unpaired) electrons. The van der Waals surface area contributed by atoms with Crippen molar-refractivity contribution in [2.75, 3.05) is 20.2 Å². The number of piperidine rings is 1. The van der Waals surface area contributed by atoms with Crippen molar-refractivity contribution in [3.8, 4) is 0 Å². The first-order valence-electron chi connectivity index (χ1n) is 6.83. The largest absolute Gasteiger partial charge is 0.468 e. The van der Waals surface area contributed by atoms with Crippen LogP contribution in [0.3, 0.4) is 0 Å². The topological polar surface area (TPSA) is 32.8 Å². The van der Waals surface area contributed by atoms with Crippen LogP contribution in [0.5, 0.6) is 0 Å². The summed E-state index contributed by atoms with van der Waals surface area (Å²) in [6.45, 7) is 4.45. The lowest BCUT2D eigenvalue weighted by Gasteiger charge is -2.26. The molecule has 3 rings (SSSR count). The molecule has 0 aromatic heterocycles. The first-order chi connectivity index (χ1) is 8.57. The SMILES string of the molecule is COC(=O)[C@@H]1CCCN1C[C@@]12C[C@@H](C)N(I)[C@@H]1C2. The molecule has 4 nitrogen and oxygen atoms in total. The van der Waals surface area contributed by atoms with Crippen LogP contribution in [-0.2, 0) is 9.53 Å². The van der Waals surface area contributed by atoms with Crippen LogP contribution in [0.25, 0.3) is 0 Å². The fraction of sp³-hybridized carbons (Fsp3) is 0.923. The Morgan fingerprint density at radius 2 is 2.28 bits per heavy atom. The van der Waals surface area contributed by atoms with E-state index in [0.29, 0.717) is 11.5 Å². The van der Waals surface area contributed by atoms with Crippen LogP contribution in [0.15, 0.2) is 0 Å². The molecule has 2 heterocycles. The Labute approximate surface area is 123 Å². The van der Waals surface area contributed by atoms with Crippen molar-refractivity contribution in [3.63, 3.8) is 0 Å². The van der Waals surface area contributed by atoms with Crippen molar-refractivity contribution in [1.82, 2.24) is 8.01 Å². The van der Waals surface area contributed by atoms with Gasteiger partial charge in [0, 0.05) is 46.9 Å². The van der Waals surface area contributed by atoms with Gasteiger partial charge >= 0.3 is 5.97 Å². The van der Waals surface area contributed by atoms with Crippen molar-refractivity contribution < 1.29 is 9.53 Å². The van der Waals surface area contributed by atoms with Crippen molar-refractivity contribution in [1.29, 1.82) is 0 Å². The van der Waals surface area contributed by atoms with Crippen LogP contribution < -0.4 is 0 Å². The zero-order chi connectivity index (χ0) is 12.9. The second-order valence-corrected chi connectivity index (χ2v) is 7.25. The van der Waals surface area contributed by atoms with E-state index in [1.807, 2.05) is 0 Å². The van der Waals surface area contributed by atoms with Gasteiger partial charge in [-0.3, -0.25) is 9.69 Å². The molecule has 2 aliphatic heterocycles. The summed E-state index contributed by atoms with van der Waals surface area (Å²) in [5.41, 5.74) is 0.469. The molecule has 3 aliphatic rings. The highest BCUT2D eigenvalue weighted by Crippen LogP contribution is 2.61. The van der Waals surface area contributed by atoms with E-state index in [9.17, 15) is 4.79 Å². The highest BCUT2D eigenvalue weighted by atomic mass is 127. The molecule has 4 atom stereocenters. The van der Waals surface area contributed by atoms with E-state index in [4.69, 9.17) is 4.74 Å². The van der Waals surface area contributed by atoms with Crippen LogP contribution in [0.2, 0.25) is 0 Å². The van der Waals surface area contributed by atoms with E-state index in [1.54, 1.807) is 0 Å². The molecule has 3 fully saturated rings. The summed E-state index contributed by atoms with van der Waals surface area (Å²) in [6.07, 6.45) is 4.69. The van der Waals surface area contributed by atoms with E-state index in [2.05, 4.69) is 37.8 Å². The number of rotatable bonds is 3. The molecule has 0 bridgehead atoms. The van der Waals surface area contributed by atoms with Crippen LogP contribution in [0.4, 0.5) is 0 Å². The van der Waals surface area contributed by atoms with Gasteiger partial charge < -0.3 is 4.74 Å². The summed E-state index contributed by atoms with van der Waals surface area (Å²) < 4.78 is 7.41. The lowest BCUT2D eigenvalue weighted by atomic mass is 9.99. The number of methoxy groups -OCH3 is 1. The number of carbonyl (C=O) groups is 1. The van der Waals surface area contributed by atoms with Crippen molar-refractivity contribution in [2.45, 2.75) is 50.7 Å². The molecule has 102 valence electrons. The highest BCUT2D eigenvalue weighted by molar-refractivity contribution is 14.1. The smallest absolute Gasteiger partial charge is 0.323 e. The van der Waals surface area contributed by atoms with E-state index >= 15 is 0 Å². The molecule has 5 heteroatoms. The summed E-state index contributed by atoms with van der Waals surface area (Å²) in [7, 11) is 1.50. The van der Waals surface area contributed by atoms with E-state index in [1.165, 1.54) is 20.0 Å². The van der Waals surface area contributed by atoms with Gasteiger partial charge in [-0.05, 0) is 39.2 Å². The van der Waals surface area contributed by atoms with Gasteiger partial charge in [0.2, 0.25) is 0 Å². The van der Waals surface area contributed by atoms with Gasteiger partial charge in [-0.2, -0.15) is 0 Å². The van der Waals surface area contributed by atoms with Crippen LogP contribution in [-0.4, -0.2) is 52.3 Å². The number of esters is 1. The number of carbonyl (C=O) groups excluding carboxylic acids is 1. The molecule has 0 aromatic carbocycles. The molecule has 1 saturated carbocycles. The maximum Gasteiger partial charge on any atom is 0.323 e. The summed E-state index contributed by atoms with van der Waals surface area (Å²) in [6, 6.07) is 1.44. The Morgan fingerprint density at radius 1 is 1.50 bits per heavy atom. The lowest BCUT2D eigenvalue weighted by molar-refractivity contribution is -0.146. The number of likely N-dealkylation sites (tertiary alicyclic amines) is 1. The highest BCUT2D eigenvalue weighted by Gasteiger charge is 2.63. The first-order valence-corrected chi connectivity index (χ1v) is 7.80. The van der Waals surface area contributed by atoms with Crippen LogP contribution in [0.1, 0.15) is 32.6 Å². The number of halogens is 1. The quantitative estimate of drug-likeness (QED) is 0.435. The summed E-state index contributed by atoms with van der Waals surface area (Å²) in [5, 5.41) is 0. The third kappa shape index (κ3) is 1.98. The number of nitrogens with zero attached hydrogens (tertiary/aromatic N) is 2. The van der Waals surface area contributed by atoms with Gasteiger partial charge in [0.1, 0.15) is 6.04 Å². The lowest BCUT2D eigenvalue weighted by Crippen LogP contribution is -2.40. The normalized spacial score (nSPS) is 44.1.